The molecule has 1 aliphatic carbocycles. The third-order valence-electron chi connectivity index (χ3n) is 4.40. The molecule has 1 atom stereocenters. The summed E-state index contributed by atoms with van der Waals surface area (Å²) in [7, 11) is 0. The summed E-state index contributed by atoms with van der Waals surface area (Å²) in [6.07, 6.45) is 2.10. The molecule has 0 saturated carbocycles. The molecule has 1 N–H and O–H groups in total. The molecular formula is C18H19BrFN. The maximum atomic E-state index is 14.0. The van der Waals surface area contributed by atoms with Gasteiger partial charge in [0.2, 0.25) is 0 Å². The summed E-state index contributed by atoms with van der Waals surface area (Å²) < 4.78 is 14.8. The fraction of sp³-hybridized carbons (Fsp3) is 0.333. The number of para-hydroxylation sites is 1. The van der Waals surface area contributed by atoms with E-state index in [1.807, 2.05) is 6.07 Å². The van der Waals surface area contributed by atoms with Crippen LogP contribution in [0.25, 0.3) is 0 Å². The van der Waals surface area contributed by atoms with E-state index in [1.165, 1.54) is 17.2 Å². The van der Waals surface area contributed by atoms with Crippen molar-refractivity contribution in [3.05, 3.63) is 63.9 Å². The Bertz CT molecular complexity index is 646. The molecule has 110 valence electrons. The molecule has 2 aromatic rings. The molecule has 0 aromatic heterocycles. The third kappa shape index (κ3) is 2.71. The van der Waals surface area contributed by atoms with Crippen LogP contribution in [-0.2, 0) is 5.41 Å². The Morgan fingerprint density at radius 1 is 1.14 bits per heavy atom. The van der Waals surface area contributed by atoms with Crippen LogP contribution < -0.4 is 5.32 Å². The van der Waals surface area contributed by atoms with E-state index in [9.17, 15) is 4.39 Å². The van der Waals surface area contributed by atoms with Gasteiger partial charge in [-0.25, -0.2) is 4.39 Å². The highest BCUT2D eigenvalue weighted by Gasteiger charge is 2.32. The molecule has 0 radical (unpaired) electrons. The van der Waals surface area contributed by atoms with Gasteiger partial charge in [0, 0.05) is 4.47 Å². The minimum atomic E-state index is -0.216. The van der Waals surface area contributed by atoms with Crippen LogP contribution in [0.5, 0.6) is 0 Å². The van der Waals surface area contributed by atoms with Gasteiger partial charge >= 0.3 is 0 Å². The van der Waals surface area contributed by atoms with Crippen LogP contribution in [0.2, 0.25) is 0 Å². The second kappa shape index (κ2) is 5.45. The van der Waals surface area contributed by atoms with Crippen LogP contribution in [0.4, 0.5) is 10.1 Å². The normalized spacial score (nSPS) is 19.9. The van der Waals surface area contributed by atoms with Crippen molar-refractivity contribution in [1.29, 1.82) is 0 Å². The molecule has 2 aromatic carbocycles. The number of anilines is 1. The van der Waals surface area contributed by atoms with E-state index in [0.717, 1.165) is 17.3 Å². The minimum absolute atomic E-state index is 0.155. The number of nitrogens with one attached hydrogen (secondary N) is 1. The highest BCUT2D eigenvalue weighted by Crippen LogP contribution is 2.43. The minimum Gasteiger partial charge on any atom is -0.375 e. The first-order chi connectivity index (χ1) is 9.99. The molecule has 1 nitrogen and oxygen atoms in total. The first-order valence-electron chi connectivity index (χ1n) is 7.29. The van der Waals surface area contributed by atoms with Gasteiger partial charge in [0.1, 0.15) is 5.82 Å². The molecule has 1 unspecified atom stereocenters. The van der Waals surface area contributed by atoms with Crippen LogP contribution in [-0.4, -0.2) is 0 Å². The summed E-state index contributed by atoms with van der Waals surface area (Å²) in [6.45, 7) is 4.56. The summed E-state index contributed by atoms with van der Waals surface area (Å²) in [5, 5.41) is 3.39. The number of hydrogen-bond acceptors (Lipinski definition) is 1. The summed E-state index contributed by atoms with van der Waals surface area (Å²) >= 11 is 3.43. The SMILES string of the molecule is CC1(C)CCC(Nc2c(F)cccc2Br)c2ccccc21. The fourth-order valence-corrected chi connectivity index (χ4v) is 3.63. The van der Waals surface area contributed by atoms with Crippen molar-refractivity contribution in [3.8, 4) is 0 Å². The number of halogens is 2. The number of fused-ring (bicyclic) bond motifs is 1. The Balaban J connectivity index is 1.98. The zero-order chi connectivity index (χ0) is 15.0. The maximum Gasteiger partial charge on any atom is 0.147 e. The lowest BCUT2D eigenvalue weighted by Gasteiger charge is -2.38. The quantitative estimate of drug-likeness (QED) is 0.722. The summed E-state index contributed by atoms with van der Waals surface area (Å²) in [4.78, 5) is 0. The standard InChI is InChI=1S/C18H19BrFN/c1-18(2)11-10-16(12-6-3-4-7-13(12)18)21-17-14(19)8-5-9-15(17)20/h3-9,16,21H,10-11H2,1-2H3. The molecule has 0 heterocycles. The van der Waals surface area contributed by atoms with Gasteiger partial charge in [-0.3, -0.25) is 0 Å². The van der Waals surface area contributed by atoms with Gasteiger partial charge in [-0.2, -0.15) is 0 Å². The van der Waals surface area contributed by atoms with Gasteiger partial charge in [0.15, 0.2) is 0 Å². The zero-order valence-electron chi connectivity index (χ0n) is 12.3. The van der Waals surface area contributed by atoms with Gasteiger partial charge in [0.25, 0.3) is 0 Å². The van der Waals surface area contributed by atoms with E-state index in [0.29, 0.717) is 5.69 Å². The van der Waals surface area contributed by atoms with Crippen molar-refractivity contribution in [2.45, 2.75) is 38.1 Å². The molecule has 0 amide bonds. The molecule has 3 rings (SSSR count). The second-order valence-corrected chi connectivity index (χ2v) is 7.16. The largest absolute Gasteiger partial charge is 0.375 e. The summed E-state index contributed by atoms with van der Waals surface area (Å²) in [5.41, 5.74) is 3.38. The van der Waals surface area contributed by atoms with E-state index in [1.54, 1.807) is 6.07 Å². The van der Waals surface area contributed by atoms with Gasteiger partial charge in [0.05, 0.1) is 11.7 Å². The van der Waals surface area contributed by atoms with E-state index in [2.05, 4.69) is 59.4 Å². The Morgan fingerprint density at radius 3 is 2.67 bits per heavy atom. The molecule has 0 spiro atoms. The maximum absolute atomic E-state index is 14.0. The van der Waals surface area contributed by atoms with Crippen LogP contribution >= 0.6 is 15.9 Å². The lowest BCUT2D eigenvalue weighted by molar-refractivity contribution is 0.405. The predicted molar refractivity (Wildman–Crippen MR) is 89.2 cm³/mol. The topological polar surface area (TPSA) is 12.0 Å². The van der Waals surface area contributed by atoms with Gasteiger partial charge in [-0.15, -0.1) is 0 Å². The van der Waals surface area contributed by atoms with Crippen molar-refractivity contribution in [3.63, 3.8) is 0 Å². The third-order valence-corrected chi connectivity index (χ3v) is 5.07. The highest BCUT2D eigenvalue weighted by molar-refractivity contribution is 9.10. The van der Waals surface area contributed by atoms with Gasteiger partial charge < -0.3 is 5.32 Å². The van der Waals surface area contributed by atoms with Crippen molar-refractivity contribution in [1.82, 2.24) is 0 Å². The summed E-state index contributed by atoms with van der Waals surface area (Å²) in [5.74, 6) is -0.216. The molecule has 0 bridgehead atoms. The van der Waals surface area contributed by atoms with Crippen LogP contribution in [0, 0.1) is 5.82 Å². The number of benzene rings is 2. The lowest BCUT2D eigenvalue weighted by atomic mass is 9.71. The van der Waals surface area contributed by atoms with Gasteiger partial charge in [-0.05, 0) is 57.4 Å². The van der Waals surface area contributed by atoms with E-state index in [4.69, 9.17) is 0 Å². The molecule has 0 aliphatic heterocycles. The Labute approximate surface area is 133 Å². The van der Waals surface area contributed by atoms with E-state index < -0.39 is 0 Å². The molecule has 0 fully saturated rings. The molecule has 1 aliphatic rings. The predicted octanol–water partition coefficient (Wildman–Crippen LogP) is 5.81. The van der Waals surface area contributed by atoms with Crippen molar-refractivity contribution >= 4 is 21.6 Å². The molecule has 3 heteroatoms. The average Bonchev–Trinajstić information content (AvgIpc) is 2.45. The van der Waals surface area contributed by atoms with Crippen molar-refractivity contribution in [2.24, 2.45) is 0 Å². The Kier molecular flexibility index (Phi) is 3.78. The molecular weight excluding hydrogens is 329 g/mol. The Morgan fingerprint density at radius 2 is 1.90 bits per heavy atom. The number of hydrogen-bond donors (Lipinski definition) is 1. The summed E-state index contributed by atoms with van der Waals surface area (Å²) in [6, 6.07) is 13.7. The van der Waals surface area contributed by atoms with Crippen LogP contribution in [0.1, 0.15) is 43.9 Å². The van der Waals surface area contributed by atoms with Crippen LogP contribution in [0.15, 0.2) is 46.9 Å². The molecule has 21 heavy (non-hydrogen) atoms. The van der Waals surface area contributed by atoms with Crippen molar-refractivity contribution in [2.75, 3.05) is 5.32 Å². The number of rotatable bonds is 2. The average molecular weight is 348 g/mol. The fourth-order valence-electron chi connectivity index (χ4n) is 3.17. The smallest absolute Gasteiger partial charge is 0.147 e. The first-order valence-corrected chi connectivity index (χ1v) is 8.08. The Hall–Kier alpha value is -1.35. The zero-order valence-corrected chi connectivity index (χ0v) is 13.9. The highest BCUT2D eigenvalue weighted by atomic mass is 79.9. The van der Waals surface area contributed by atoms with Crippen LogP contribution in [0.3, 0.4) is 0 Å². The van der Waals surface area contributed by atoms with Crippen molar-refractivity contribution < 1.29 is 4.39 Å². The second-order valence-electron chi connectivity index (χ2n) is 6.30. The van der Waals surface area contributed by atoms with Gasteiger partial charge in [-0.1, -0.05) is 44.2 Å². The lowest BCUT2D eigenvalue weighted by Crippen LogP contribution is -2.29. The first kappa shape index (κ1) is 14.6. The van der Waals surface area contributed by atoms with E-state index in [-0.39, 0.29) is 17.3 Å². The monoisotopic (exact) mass is 347 g/mol. The van der Waals surface area contributed by atoms with E-state index >= 15 is 0 Å². The molecule has 0 saturated heterocycles.